The number of aliphatic hydroxyl groups excluding tert-OH is 1. The minimum absolute atomic E-state index is 0.356. The maximum atomic E-state index is 8.52. The van der Waals surface area contributed by atoms with E-state index in [-0.39, 0.29) is 6.10 Å². The summed E-state index contributed by atoms with van der Waals surface area (Å²) in [6, 6.07) is 0. The van der Waals surface area contributed by atoms with Crippen LogP contribution in [0.2, 0.25) is 0 Å². The van der Waals surface area contributed by atoms with Crippen molar-refractivity contribution in [3.05, 3.63) is 13.2 Å². The molecule has 1 fully saturated rings. The van der Waals surface area contributed by atoms with E-state index in [0.29, 0.717) is 6.42 Å². The van der Waals surface area contributed by atoms with Crippen molar-refractivity contribution in [2.45, 2.75) is 12.5 Å². The summed E-state index contributed by atoms with van der Waals surface area (Å²) >= 11 is 0. The van der Waals surface area contributed by atoms with Crippen LogP contribution in [-0.4, -0.2) is 11.2 Å². The molecule has 1 atom stereocenters. The molecule has 1 heterocycles. The number of rotatable bonds is 0. The standard InChI is InChI=1S/C4H6O2/c5-4-1-2-6-3-4/h2-5H,1H2. The fraction of sp³-hybridized carbons (Fsp3) is 0.500. The summed E-state index contributed by atoms with van der Waals surface area (Å²) in [5.74, 6) is 0. The van der Waals surface area contributed by atoms with E-state index < -0.39 is 0 Å². The van der Waals surface area contributed by atoms with Crippen molar-refractivity contribution in [3.63, 3.8) is 0 Å². The van der Waals surface area contributed by atoms with Crippen LogP contribution >= 0.6 is 0 Å². The predicted molar refractivity (Wildman–Crippen MR) is 20.3 cm³/mol. The van der Waals surface area contributed by atoms with Gasteiger partial charge in [0.25, 0.3) is 0 Å². The van der Waals surface area contributed by atoms with Crippen LogP contribution in [0.1, 0.15) is 6.42 Å². The minimum atomic E-state index is -0.356. The van der Waals surface area contributed by atoms with Crippen molar-refractivity contribution in [2.24, 2.45) is 0 Å². The molecule has 0 spiro atoms. The number of hydrogen-bond donors (Lipinski definition) is 1. The molecule has 0 amide bonds. The fourth-order valence-electron chi connectivity index (χ4n) is 0.356. The Morgan fingerprint density at radius 3 is 2.83 bits per heavy atom. The third-order valence-electron chi connectivity index (χ3n) is 0.670. The molecule has 0 aliphatic carbocycles. The van der Waals surface area contributed by atoms with Gasteiger partial charge in [0.05, 0.1) is 12.7 Å². The van der Waals surface area contributed by atoms with Gasteiger partial charge < -0.3 is 9.84 Å². The summed E-state index contributed by atoms with van der Waals surface area (Å²) < 4.78 is 4.56. The van der Waals surface area contributed by atoms with Crippen LogP contribution in [-0.2, 0) is 4.74 Å². The van der Waals surface area contributed by atoms with Crippen molar-refractivity contribution < 1.29 is 9.84 Å². The highest BCUT2D eigenvalue weighted by atomic mass is 16.5. The van der Waals surface area contributed by atoms with Crippen LogP contribution < -0.4 is 0 Å². The molecule has 1 aliphatic heterocycles. The highest BCUT2D eigenvalue weighted by Crippen LogP contribution is 2.10. The van der Waals surface area contributed by atoms with Crippen molar-refractivity contribution in [1.82, 2.24) is 0 Å². The monoisotopic (exact) mass is 86.0 g/mol. The van der Waals surface area contributed by atoms with Crippen LogP contribution in [0, 0.1) is 13.2 Å². The highest BCUT2D eigenvalue weighted by Gasteiger charge is 2.11. The zero-order chi connectivity index (χ0) is 4.41. The molecule has 1 saturated heterocycles. The normalized spacial score (nSPS) is 34.5. The number of aliphatic hydroxyl groups is 1. The Hall–Kier alpha value is -0.0800. The Kier molecular flexibility index (Phi) is 1.08. The van der Waals surface area contributed by atoms with Crippen molar-refractivity contribution in [1.29, 1.82) is 0 Å². The van der Waals surface area contributed by atoms with E-state index in [1.54, 1.807) is 6.61 Å². The van der Waals surface area contributed by atoms with Crippen LogP contribution in [0.3, 0.4) is 0 Å². The lowest BCUT2D eigenvalue weighted by Crippen LogP contribution is -1.96. The lowest BCUT2D eigenvalue weighted by atomic mass is 10.3. The molecule has 0 bridgehead atoms. The first-order valence-corrected chi connectivity index (χ1v) is 1.88. The summed E-state index contributed by atoms with van der Waals surface area (Å²) in [4.78, 5) is 0. The smallest absolute Gasteiger partial charge is 0.113 e. The fourth-order valence-corrected chi connectivity index (χ4v) is 0.356. The lowest BCUT2D eigenvalue weighted by molar-refractivity contribution is 0.188. The van der Waals surface area contributed by atoms with Gasteiger partial charge >= 0.3 is 0 Å². The Morgan fingerprint density at radius 2 is 2.67 bits per heavy atom. The number of hydrogen-bond acceptors (Lipinski definition) is 2. The molecule has 2 heteroatoms. The van der Waals surface area contributed by atoms with Gasteiger partial charge in [-0.2, -0.15) is 0 Å². The molecule has 0 aromatic carbocycles. The predicted octanol–water partition coefficient (Wildman–Crippen LogP) is 0.0912. The van der Waals surface area contributed by atoms with E-state index in [9.17, 15) is 0 Å². The van der Waals surface area contributed by atoms with Gasteiger partial charge in [0, 0.05) is 6.42 Å². The van der Waals surface area contributed by atoms with E-state index in [4.69, 9.17) is 5.11 Å². The minimum Gasteiger partial charge on any atom is -0.390 e. The molecule has 0 saturated carbocycles. The van der Waals surface area contributed by atoms with Gasteiger partial charge in [0.1, 0.15) is 6.61 Å². The molecule has 1 aliphatic rings. The molecule has 1 N–H and O–H groups in total. The first-order chi connectivity index (χ1) is 2.89. The van der Waals surface area contributed by atoms with E-state index in [0.717, 1.165) is 0 Å². The van der Waals surface area contributed by atoms with Gasteiger partial charge in [-0.3, -0.25) is 0 Å². The van der Waals surface area contributed by atoms with Crippen molar-refractivity contribution in [3.8, 4) is 0 Å². The van der Waals surface area contributed by atoms with Gasteiger partial charge in [-0.1, -0.05) is 0 Å². The molecular weight excluding hydrogens is 80.0 g/mol. The first kappa shape index (κ1) is 4.09. The van der Waals surface area contributed by atoms with E-state index >= 15 is 0 Å². The average molecular weight is 86.1 g/mol. The van der Waals surface area contributed by atoms with E-state index in [1.807, 2.05) is 0 Å². The Morgan fingerprint density at radius 1 is 1.83 bits per heavy atom. The number of ether oxygens (including phenoxy) is 1. The molecule has 6 heavy (non-hydrogen) atoms. The topological polar surface area (TPSA) is 29.5 Å². The first-order valence-electron chi connectivity index (χ1n) is 1.88. The second-order valence-electron chi connectivity index (χ2n) is 1.24. The highest BCUT2D eigenvalue weighted by molar-refractivity contribution is 4.78. The van der Waals surface area contributed by atoms with E-state index in [1.165, 1.54) is 6.61 Å². The zero-order valence-corrected chi connectivity index (χ0v) is 3.29. The molecule has 1 unspecified atom stereocenters. The quantitative estimate of drug-likeness (QED) is 0.452. The van der Waals surface area contributed by atoms with Crippen LogP contribution in [0.5, 0.6) is 0 Å². The average Bonchev–Trinajstić information content (AvgIpc) is 1.86. The summed E-state index contributed by atoms with van der Waals surface area (Å²) in [5, 5.41) is 8.52. The molecule has 0 aromatic heterocycles. The largest absolute Gasteiger partial charge is 0.390 e. The van der Waals surface area contributed by atoms with Gasteiger partial charge in [-0.15, -0.1) is 0 Å². The van der Waals surface area contributed by atoms with Crippen LogP contribution in [0.15, 0.2) is 0 Å². The molecule has 2 radical (unpaired) electrons. The summed E-state index contributed by atoms with van der Waals surface area (Å²) in [7, 11) is 0. The maximum absolute atomic E-state index is 8.52. The third-order valence-corrected chi connectivity index (χ3v) is 0.670. The zero-order valence-electron chi connectivity index (χ0n) is 3.29. The SMILES string of the molecule is OC1[CH]O[CH]C1. The molecule has 34 valence electrons. The third kappa shape index (κ3) is 0.698. The van der Waals surface area contributed by atoms with Gasteiger partial charge in [0.15, 0.2) is 0 Å². The molecule has 2 nitrogen and oxygen atoms in total. The van der Waals surface area contributed by atoms with E-state index in [2.05, 4.69) is 4.74 Å². The summed E-state index contributed by atoms with van der Waals surface area (Å²) in [6.45, 7) is 2.98. The second kappa shape index (κ2) is 1.58. The second-order valence-corrected chi connectivity index (χ2v) is 1.24. The van der Waals surface area contributed by atoms with Crippen molar-refractivity contribution in [2.75, 3.05) is 0 Å². The van der Waals surface area contributed by atoms with Crippen molar-refractivity contribution >= 4 is 0 Å². The Labute approximate surface area is 36.7 Å². The van der Waals surface area contributed by atoms with Crippen LogP contribution in [0.25, 0.3) is 0 Å². The lowest BCUT2D eigenvalue weighted by Gasteiger charge is -1.88. The Bertz CT molecular complexity index is 38.8. The van der Waals surface area contributed by atoms with Gasteiger partial charge in [-0.05, 0) is 0 Å². The maximum Gasteiger partial charge on any atom is 0.113 e. The molecular formula is C4H6O2. The summed E-state index contributed by atoms with van der Waals surface area (Å²) in [5.41, 5.74) is 0. The molecule has 0 aromatic rings. The van der Waals surface area contributed by atoms with Gasteiger partial charge in [-0.25, -0.2) is 0 Å². The Balaban J connectivity index is 2.18. The molecule has 1 rings (SSSR count). The summed E-state index contributed by atoms with van der Waals surface area (Å²) in [6.07, 6.45) is 0.282. The van der Waals surface area contributed by atoms with Gasteiger partial charge in [0.2, 0.25) is 0 Å². The van der Waals surface area contributed by atoms with Crippen LogP contribution in [0.4, 0.5) is 0 Å².